The lowest BCUT2D eigenvalue weighted by molar-refractivity contribution is 0.101. The van der Waals surface area contributed by atoms with E-state index in [-0.39, 0.29) is 11.4 Å². The first-order valence-electron chi connectivity index (χ1n) is 8.17. The van der Waals surface area contributed by atoms with Crippen LogP contribution in [0.5, 0.6) is 11.5 Å². The number of ketones is 1. The normalized spacial score (nSPS) is 11.9. The van der Waals surface area contributed by atoms with Crippen LogP contribution in [0.1, 0.15) is 57.5 Å². The van der Waals surface area contributed by atoms with Crippen LogP contribution >= 0.6 is 0 Å². The molecule has 0 saturated carbocycles. The van der Waals surface area contributed by atoms with E-state index in [1.165, 1.54) is 0 Å². The molecule has 0 aliphatic rings. The van der Waals surface area contributed by atoms with Crippen LogP contribution in [0.2, 0.25) is 0 Å². The van der Waals surface area contributed by atoms with Gasteiger partial charge >= 0.3 is 0 Å². The van der Waals surface area contributed by atoms with Crippen molar-refractivity contribution in [1.82, 2.24) is 0 Å². The Hall–Kier alpha value is -2.29. The Morgan fingerprint density at radius 2 is 1.38 bits per heavy atom. The molecule has 0 radical (unpaired) electrons. The molecule has 0 unspecified atom stereocenters. The smallest absolute Gasteiger partial charge is 0.196 e. The molecule has 0 amide bonds. The standard InChI is InChI=1S/C21H26O3/c1-20(2,3)23-16-12-13-17(18(14-16)24-21(4,5)6)19(22)15-10-8-7-9-11-15/h7-14H,1-6H3. The van der Waals surface area contributed by atoms with Crippen molar-refractivity contribution in [3.8, 4) is 11.5 Å². The van der Waals surface area contributed by atoms with E-state index in [1.807, 2.05) is 77.9 Å². The van der Waals surface area contributed by atoms with Crippen LogP contribution in [0.15, 0.2) is 48.5 Å². The maximum atomic E-state index is 12.8. The lowest BCUT2D eigenvalue weighted by atomic mass is 10.0. The van der Waals surface area contributed by atoms with Gasteiger partial charge in [0.05, 0.1) is 5.56 Å². The second-order valence-electron chi connectivity index (χ2n) is 7.78. The average Bonchev–Trinajstić information content (AvgIpc) is 2.44. The van der Waals surface area contributed by atoms with Crippen LogP contribution in [0.4, 0.5) is 0 Å². The van der Waals surface area contributed by atoms with Gasteiger partial charge in [0, 0.05) is 11.6 Å². The van der Waals surface area contributed by atoms with Crippen molar-refractivity contribution in [2.24, 2.45) is 0 Å². The molecule has 3 heteroatoms. The molecular formula is C21H26O3. The zero-order valence-corrected chi connectivity index (χ0v) is 15.3. The Bertz CT molecular complexity index is 704. The average molecular weight is 326 g/mol. The highest BCUT2D eigenvalue weighted by atomic mass is 16.5. The van der Waals surface area contributed by atoms with Crippen LogP contribution < -0.4 is 9.47 Å². The Morgan fingerprint density at radius 3 is 1.92 bits per heavy atom. The van der Waals surface area contributed by atoms with Gasteiger partial charge < -0.3 is 9.47 Å². The van der Waals surface area contributed by atoms with E-state index in [4.69, 9.17) is 9.47 Å². The molecule has 0 N–H and O–H groups in total. The number of ether oxygens (including phenoxy) is 2. The predicted molar refractivity (Wildman–Crippen MR) is 97.1 cm³/mol. The second-order valence-corrected chi connectivity index (χ2v) is 7.78. The van der Waals surface area contributed by atoms with Gasteiger partial charge in [0.15, 0.2) is 5.78 Å². The minimum atomic E-state index is -0.411. The fourth-order valence-electron chi connectivity index (χ4n) is 2.27. The van der Waals surface area contributed by atoms with Gasteiger partial charge in [0.1, 0.15) is 22.7 Å². The maximum absolute atomic E-state index is 12.8. The maximum Gasteiger partial charge on any atom is 0.196 e. The van der Waals surface area contributed by atoms with E-state index in [0.717, 1.165) is 0 Å². The molecule has 128 valence electrons. The zero-order chi connectivity index (χ0) is 18.0. The van der Waals surface area contributed by atoms with Crippen LogP contribution in [0, 0.1) is 0 Å². The van der Waals surface area contributed by atoms with Gasteiger partial charge in [0.2, 0.25) is 0 Å². The van der Waals surface area contributed by atoms with Gasteiger partial charge in [-0.25, -0.2) is 0 Å². The third-order valence-corrected chi connectivity index (χ3v) is 3.07. The molecule has 0 bridgehead atoms. The minimum absolute atomic E-state index is 0.0582. The molecule has 0 aliphatic carbocycles. The summed E-state index contributed by atoms with van der Waals surface area (Å²) in [6.07, 6.45) is 0. The number of carbonyl (C=O) groups is 1. The molecule has 0 heterocycles. The van der Waals surface area contributed by atoms with Gasteiger partial charge in [-0.3, -0.25) is 4.79 Å². The molecule has 2 aromatic carbocycles. The first-order chi connectivity index (χ1) is 11.1. The third-order valence-electron chi connectivity index (χ3n) is 3.07. The number of hydrogen-bond acceptors (Lipinski definition) is 3. The molecule has 0 atom stereocenters. The van der Waals surface area contributed by atoms with Crippen molar-refractivity contribution in [2.45, 2.75) is 52.7 Å². The van der Waals surface area contributed by atoms with Crippen molar-refractivity contribution in [3.05, 3.63) is 59.7 Å². The summed E-state index contributed by atoms with van der Waals surface area (Å²) in [5, 5.41) is 0. The van der Waals surface area contributed by atoms with Gasteiger partial charge in [-0.1, -0.05) is 30.3 Å². The van der Waals surface area contributed by atoms with Gasteiger partial charge in [-0.2, -0.15) is 0 Å². The van der Waals surface area contributed by atoms with Crippen LogP contribution in [-0.2, 0) is 0 Å². The van der Waals surface area contributed by atoms with Crippen LogP contribution in [-0.4, -0.2) is 17.0 Å². The summed E-state index contributed by atoms with van der Waals surface area (Å²) in [7, 11) is 0. The molecule has 0 spiro atoms. The number of hydrogen-bond donors (Lipinski definition) is 0. The number of carbonyl (C=O) groups excluding carboxylic acids is 1. The van der Waals surface area contributed by atoms with Crippen molar-refractivity contribution in [2.75, 3.05) is 0 Å². The van der Waals surface area contributed by atoms with Gasteiger partial charge in [-0.15, -0.1) is 0 Å². The highest BCUT2D eigenvalue weighted by Gasteiger charge is 2.21. The summed E-state index contributed by atoms with van der Waals surface area (Å²) >= 11 is 0. The fourth-order valence-corrected chi connectivity index (χ4v) is 2.27. The molecule has 2 rings (SSSR count). The molecule has 2 aromatic rings. The summed E-state index contributed by atoms with van der Waals surface area (Å²) < 4.78 is 11.9. The van der Waals surface area contributed by atoms with E-state index in [9.17, 15) is 4.79 Å². The lowest BCUT2D eigenvalue weighted by Gasteiger charge is -2.25. The van der Waals surface area contributed by atoms with E-state index in [1.54, 1.807) is 12.1 Å². The highest BCUT2D eigenvalue weighted by Crippen LogP contribution is 2.31. The van der Waals surface area contributed by atoms with E-state index in [2.05, 4.69) is 0 Å². The first-order valence-corrected chi connectivity index (χ1v) is 8.17. The predicted octanol–water partition coefficient (Wildman–Crippen LogP) is 5.27. The Morgan fingerprint density at radius 1 is 0.792 bits per heavy atom. The molecular weight excluding hydrogens is 300 g/mol. The van der Waals surface area contributed by atoms with E-state index in [0.29, 0.717) is 22.6 Å². The third kappa shape index (κ3) is 5.12. The fraction of sp³-hybridized carbons (Fsp3) is 0.381. The van der Waals surface area contributed by atoms with Crippen molar-refractivity contribution in [1.29, 1.82) is 0 Å². The van der Waals surface area contributed by atoms with Crippen LogP contribution in [0.25, 0.3) is 0 Å². The summed E-state index contributed by atoms with van der Waals surface area (Å²) in [5.74, 6) is 1.17. The number of rotatable bonds is 4. The monoisotopic (exact) mass is 326 g/mol. The quantitative estimate of drug-likeness (QED) is 0.718. The molecule has 0 aliphatic heterocycles. The first kappa shape index (κ1) is 18.1. The van der Waals surface area contributed by atoms with Crippen LogP contribution in [0.3, 0.4) is 0 Å². The minimum Gasteiger partial charge on any atom is -0.488 e. The Balaban J connectivity index is 2.44. The Labute approximate surface area is 144 Å². The molecule has 0 saturated heterocycles. The highest BCUT2D eigenvalue weighted by molar-refractivity contribution is 6.10. The Kier molecular flexibility index (Phi) is 5.02. The molecule has 0 aromatic heterocycles. The second kappa shape index (κ2) is 6.68. The summed E-state index contributed by atoms with van der Waals surface area (Å²) in [5.41, 5.74) is 0.453. The molecule has 24 heavy (non-hydrogen) atoms. The topological polar surface area (TPSA) is 35.5 Å². The summed E-state index contributed by atoms with van der Waals surface area (Å²) in [6, 6.07) is 14.6. The largest absolute Gasteiger partial charge is 0.488 e. The lowest BCUT2D eigenvalue weighted by Crippen LogP contribution is -2.25. The van der Waals surface area contributed by atoms with Gasteiger partial charge in [0.25, 0.3) is 0 Å². The summed E-state index contributed by atoms with van der Waals surface area (Å²) in [6.45, 7) is 11.8. The van der Waals surface area contributed by atoms with Gasteiger partial charge in [-0.05, 0) is 53.7 Å². The van der Waals surface area contributed by atoms with Crippen molar-refractivity contribution < 1.29 is 14.3 Å². The summed E-state index contributed by atoms with van der Waals surface area (Å²) in [4.78, 5) is 12.8. The van der Waals surface area contributed by atoms with Crippen molar-refractivity contribution in [3.63, 3.8) is 0 Å². The zero-order valence-electron chi connectivity index (χ0n) is 15.3. The number of benzene rings is 2. The van der Waals surface area contributed by atoms with Crippen molar-refractivity contribution >= 4 is 5.78 Å². The SMILES string of the molecule is CC(C)(C)Oc1ccc(C(=O)c2ccccc2)c(OC(C)(C)C)c1. The molecule has 0 fully saturated rings. The van der Waals surface area contributed by atoms with E-state index >= 15 is 0 Å². The van der Waals surface area contributed by atoms with E-state index < -0.39 is 5.60 Å². The molecule has 3 nitrogen and oxygen atoms in total.